The molecule has 0 heterocycles. The Morgan fingerprint density at radius 3 is 2.56 bits per heavy atom. The van der Waals surface area contributed by atoms with Gasteiger partial charge in [-0.15, -0.1) is 0 Å². The Morgan fingerprint density at radius 1 is 1.44 bits per heavy atom. The molecule has 0 fully saturated rings. The second kappa shape index (κ2) is 4.73. The molecule has 4 nitrogen and oxygen atoms in total. The number of halogens is 3. The van der Waals surface area contributed by atoms with Gasteiger partial charge >= 0.3 is 12.6 Å². The minimum atomic E-state index is -3.12. The number of methoxy groups -OCH3 is 1. The third-order valence-corrected chi connectivity index (χ3v) is 1.72. The van der Waals surface area contributed by atoms with Gasteiger partial charge in [-0.05, 0) is 6.07 Å². The molecule has 16 heavy (non-hydrogen) atoms. The van der Waals surface area contributed by atoms with E-state index in [2.05, 4.69) is 9.47 Å². The van der Waals surface area contributed by atoms with Gasteiger partial charge in [-0.1, -0.05) is 0 Å². The Hall–Kier alpha value is -1.92. The molecule has 0 bridgehead atoms. The number of anilines is 1. The van der Waals surface area contributed by atoms with Crippen LogP contribution in [-0.2, 0) is 4.74 Å². The molecule has 0 saturated heterocycles. The first kappa shape index (κ1) is 12.2. The molecule has 1 rings (SSSR count). The van der Waals surface area contributed by atoms with Gasteiger partial charge in [-0.2, -0.15) is 8.78 Å². The van der Waals surface area contributed by atoms with Crippen LogP contribution in [0.4, 0.5) is 18.9 Å². The molecule has 1 aromatic rings. The van der Waals surface area contributed by atoms with Gasteiger partial charge in [-0.25, -0.2) is 9.18 Å². The number of ether oxygens (including phenoxy) is 2. The lowest BCUT2D eigenvalue weighted by Crippen LogP contribution is -2.09. The second-order valence-corrected chi connectivity index (χ2v) is 2.74. The van der Waals surface area contributed by atoms with E-state index < -0.39 is 29.7 Å². The number of benzene rings is 1. The van der Waals surface area contributed by atoms with Crippen LogP contribution in [0.25, 0.3) is 0 Å². The van der Waals surface area contributed by atoms with E-state index >= 15 is 0 Å². The van der Waals surface area contributed by atoms with Gasteiger partial charge in [0, 0.05) is 6.07 Å². The number of alkyl halides is 2. The number of hydrogen-bond donors (Lipinski definition) is 1. The summed E-state index contributed by atoms with van der Waals surface area (Å²) in [4.78, 5) is 11.0. The molecule has 7 heteroatoms. The molecule has 88 valence electrons. The highest BCUT2D eigenvalue weighted by molar-refractivity contribution is 5.91. The van der Waals surface area contributed by atoms with Crippen molar-refractivity contribution in [3.8, 4) is 5.75 Å². The van der Waals surface area contributed by atoms with Crippen LogP contribution in [0.15, 0.2) is 12.1 Å². The largest absolute Gasteiger partial charge is 0.465 e. The first-order chi connectivity index (χ1) is 7.45. The lowest BCUT2D eigenvalue weighted by Gasteiger charge is -2.09. The molecule has 0 amide bonds. The summed E-state index contributed by atoms with van der Waals surface area (Å²) in [5.41, 5.74) is 4.58. The minimum absolute atomic E-state index is 0.276. The highest BCUT2D eigenvalue weighted by Gasteiger charge is 2.17. The SMILES string of the molecule is COC(=O)c1cc(N)c(OC(F)F)cc1F. The summed E-state index contributed by atoms with van der Waals surface area (Å²) in [7, 11) is 1.06. The Labute approximate surface area is 88.8 Å². The van der Waals surface area contributed by atoms with E-state index in [1.165, 1.54) is 0 Å². The topological polar surface area (TPSA) is 61.5 Å². The van der Waals surface area contributed by atoms with Crippen molar-refractivity contribution in [1.82, 2.24) is 0 Å². The van der Waals surface area contributed by atoms with Gasteiger partial charge in [0.05, 0.1) is 18.4 Å². The molecule has 0 spiro atoms. The quantitative estimate of drug-likeness (QED) is 0.641. The number of esters is 1. The van der Waals surface area contributed by atoms with E-state index in [0.717, 1.165) is 13.2 Å². The number of hydrogen-bond acceptors (Lipinski definition) is 4. The number of rotatable bonds is 3. The zero-order valence-electron chi connectivity index (χ0n) is 8.17. The van der Waals surface area contributed by atoms with Crippen LogP contribution in [0.1, 0.15) is 10.4 Å². The molecular weight excluding hydrogens is 227 g/mol. The van der Waals surface area contributed by atoms with Gasteiger partial charge < -0.3 is 15.2 Å². The van der Waals surface area contributed by atoms with E-state index in [1.54, 1.807) is 0 Å². The van der Waals surface area contributed by atoms with E-state index in [9.17, 15) is 18.0 Å². The number of nitrogens with two attached hydrogens (primary N) is 1. The molecule has 0 unspecified atom stereocenters. The fraction of sp³-hybridized carbons (Fsp3) is 0.222. The summed E-state index contributed by atoms with van der Waals surface area (Å²) >= 11 is 0. The van der Waals surface area contributed by atoms with Gasteiger partial charge in [0.1, 0.15) is 5.82 Å². The van der Waals surface area contributed by atoms with Crippen molar-refractivity contribution in [2.75, 3.05) is 12.8 Å². The second-order valence-electron chi connectivity index (χ2n) is 2.74. The molecule has 0 aromatic heterocycles. The average Bonchev–Trinajstić information content (AvgIpc) is 2.21. The van der Waals surface area contributed by atoms with Crippen LogP contribution in [0.3, 0.4) is 0 Å². The van der Waals surface area contributed by atoms with Crippen molar-refractivity contribution in [2.24, 2.45) is 0 Å². The molecule has 0 aliphatic rings. The highest BCUT2D eigenvalue weighted by Crippen LogP contribution is 2.27. The molecule has 0 aliphatic heterocycles. The number of carbonyl (C=O) groups excluding carboxylic acids is 1. The zero-order chi connectivity index (χ0) is 12.3. The maximum absolute atomic E-state index is 13.2. The maximum Gasteiger partial charge on any atom is 0.387 e. The zero-order valence-corrected chi connectivity index (χ0v) is 8.17. The summed E-state index contributed by atoms with van der Waals surface area (Å²) in [6.45, 7) is -3.12. The van der Waals surface area contributed by atoms with E-state index in [4.69, 9.17) is 5.73 Å². The smallest absolute Gasteiger partial charge is 0.387 e. The third kappa shape index (κ3) is 2.56. The molecule has 0 aliphatic carbocycles. The van der Waals surface area contributed by atoms with Gasteiger partial charge in [0.2, 0.25) is 0 Å². The Kier molecular flexibility index (Phi) is 3.60. The van der Waals surface area contributed by atoms with E-state index in [1.807, 2.05) is 0 Å². The van der Waals surface area contributed by atoms with Crippen LogP contribution < -0.4 is 10.5 Å². The molecular formula is C9H8F3NO3. The molecule has 1 aromatic carbocycles. The minimum Gasteiger partial charge on any atom is -0.465 e. The number of nitrogen functional groups attached to an aromatic ring is 1. The van der Waals surface area contributed by atoms with Crippen molar-refractivity contribution in [1.29, 1.82) is 0 Å². The predicted octanol–water partition coefficient (Wildman–Crippen LogP) is 1.80. The fourth-order valence-corrected chi connectivity index (χ4v) is 1.04. The fourth-order valence-electron chi connectivity index (χ4n) is 1.04. The summed E-state index contributed by atoms with van der Waals surface area (Å²) in [6, 6.07) is 1.48. The van der Waals surface area contributed by atoms with E-state index in [0.29, 0.717) is 6.07 Å². The van der Waals surface area contributed by atoms with Crippen molar-refractivity contribution in [3.05, 3.63) is 23.5 Å². The normalized spacial score (nSPS) is 10.3. The van der Waals surface area contributed by atoms with Crippen LogP contribution in [0, 0.1) is 5.82 Å². The maximum atomic E-state index is 13.2. The van der Waals surface area contributed by atoms with Crippen molar-refractivity contribution in [3.63, 3.8) is 0 Å². The van der Waals surface area contributed by atoms with Crippen molar-refractivity contribution < 1.29 is 27.4 Å². The first-order valence-electron chi connectivity index (χ1n) is 4.08. The van der Waals surface area contributed by atoms with Gasteiger partial charge in [-0.3, -0.25) is 0 Å². The van der Waals surface area contributed by atoms with Crippen LogP contribution in [0.2, 0.25) is 0 Å². The van der Waals surface area contributed by atoms with Gasteiger partial charge in [0.15, 0.2) is 5.75 Å². The lowest BCUT2D eigenvalue weighted by atomic mass is 10.2. The van der Waals surface area contributed by atoms with Crippen LogP contribution >= 0.6 is 0 Å². The van der Waals surface area contributed by atoms with Crippen LogP contribution in [0.5, 0.6) is 5.75 Å². The lowest BCUT2D eigenvalue weighted by molar-refractivity contribution is -0.0494. The predicted molar refractivity (Wildman–Crippen MR) is 48.8 cm³/mol. The Bertz CT molecular complexity index is 409. The molecule has 2 N–H and O–H groups in total. The average molecular weight is 235 g/mol. The standard InChI is InChI=1S/C9H8F3NO3/c1-15-8(14)4-2-6(13)7(3-5(4)10)16-9(11)12/h2-3,9H,13H2,1H3. The first-order valence-corrected chi connectivity index (χ1v) is 4.08. The van der Waals surface area contributed by atoms with Crippen LogP contribution in [-0.4, -0.2) is 19.7 Å². The molecule has 0 saturated carbocycles. The summed E-state index contributed by atoms with van der Waals surface area (Å²) in [5.74, 6) is -2.52. The number of carbonyl (C=O) groups is 1. The molecule has 0 atom stereocenters. The Morgan fingerprint density at radius 2 is 2.06 bits per heavy atom. The molecule has 0 radical (unpaired) electrons. The summed E-state index contributed by atoms with van der Waals surface area (Å²) < 4.78 is 45.2. The Balaban J connectivity index is 3.11. The third-order valence-electron chi connectivity index (χ3n) is 1.72. The monoisotopic (exact) mass is 235 g/mol. The van der Waals surface area contributed by atoms with Crippen molar-refractivity contribution >= 4 is 11.7 Å². The van der Waals surface area contributed by atoms with Gasteiger partial charge in [0.25, 0.3) is 0 Å². The summed E-state index contributed by atoms with van der Waals surface area (Å²) in [6.07, 6.45) is 0. The highest BCUT2D eigenvalue weighted by atomic mass is 19.3. The van der Waals surface area contributed by atoms with E-state index in [-0.39, 0.29) is 5.69 Å². The van der Waals surface area contributed by atoms with Crippen molar-refractivity contribution in [2.45, 2.75) is 6.61 Å². The summed E-state index contributed by atoms with van der Waals surface area (Å²) in [5, 5.41) is 0.